The number of hydrogen-bond acceptors (Lipinski definition) is 12. The van der Waals surface area contributed by atoms with E-state index in [2.05, 4.69) is 18.4 Å². The molecule has 0 aromatic carbocycles. The molecule has 0 bridgehead atoms. The molecule has 0 aliphatic heterocycles. The Morgan fingerprint density at radius 1 is 0.880 bits per heavy atom. The van der Waals surface area contributed by atoms with Crippen molar-refractivity contribution in [3.63, 3.8) is 0 Å². The summed E-state index contributed by atoms with van der Waals surface area (Å²) in [7, 11) is -16.0. The van der Waals surface area contributed by atoms with Crippen LogP contribution in [0.5, 0.6) is 0 Å². The van der Waals surface area contributed by atoms with Gasteiger partial charge in [-0.05, 0) is 8.67 Å². The normalized spacial score (nSPS) is 12.7. The molecule has 0 spiro atoms. The van der Waals surface area contributed by atoms with E-state index in [9.17, 15) is 34.8 Å². The third-order valence-corrected chi connectivity index (χ3v) is 2.95. The van der Waals surface area contributed by atoms with Crippen LogP contribution < -0.4 is 29.6 Å². The Bertz CT molecular complexity index is 740. The number of rotatable bonds is 8. The van der Waals surface area contributed by atoms with Crippen LogP contribution in [0, 0.1) is 0 Å². The Labute approximate surface area is 165 Å². The molecule has 3 N–H and O–H groups in total. The topological polar surface area (TPSA) is 234 Å². The molecule has 0 rings (SSSR count). The molecule has 0 fully saturated rings. The van der Waals surface area contributed by atoms with Crippen LogP contribution in [0.15, 0.2) is 0 Å². The summed E-state index contributed by atoms with van der Waals surface area (Å²) in [5.41, 5.74) is 0. The molecule has 1 atom stereocenters. The van der Waals surface area contributed by atoms with Crippen molar-refractivity contribution >= 4 is 42.9 Å². The number of carbonyl (C=O) groups excluding carboxylic acids is 2. The van der Waals surface area contributed by atoms with Crippen LogP contribution in [-0.4, -0.2) is 56.1 Å². The maximum atomic E-state index is 11.1. The van der Waals surface area contributed by atoms with Gasteiger partial charge < -0.3 is 1.43 Å². The summed E-state index contributed by atoms with van der Waals surface area (Å²) >= 11 is 0. The first kappa shape index (κ1) is 29.4. The molecule has 0 aliphatic carbocycles. The average Bonchev–Trinajstić information content (AvgIpc) is 2.39. The van der Waals surface area contributed by atoms with Gasteiger partial charge in [-0.2, -0.15) is 25.3 Å². The Morgan fingerprint density at radius 3 is 1.56 bits per heavy atom. The summed E-state index contributed by atoms with van der Waals surface area (Å²) in [6.45, 7) is 4.00. The largest absolute Gasteiger partial charge is 1.00 e. The first-order valence-electron chi connectivity index (χ1n) is 5.32. The van der Waals surface area contributed by atoms with Gasteiger partial charge in [-0.25, -0.2) is 9.59 Å². The van der Waals surface area contributed by atoms with Gasteiger partial charge in [-0.3, -0.25) is 23.4 Å². The molecule has 25 heavy (non-hydrogen) atoms. The van der Waals surface area contributed by atoms with Crippen molar-refractivity contribution < 1.29 is 97.9 Å². The van der Waals surface area contributed by atoms with Crippen LogP contribution in [0.1, 0.15) is 21.7 Å². The third-order valence-electron chi connectivity index (χ3n) is 1.39. The van der Waals surface area contributed by atoms with Crippen LogP contribution >= 0.6 is 0 Å². The van der Waals surface area contributed by atoms with Crippen LogP contribution in [0.2, 0.25) is 0 Å². The first-order chi connectivity index (χ1) is 10.6. The molecule has 0 aliphatic rings. The molecular formula is C6H13NaO15S3. The fraction of sp³-hybridized carbons (Fsp3) is 0.667. The Morgan fingerprint density at radius 2 is 1.24 bits per heavy atom. The fourth-order valence-corrected chi connectivity index (χ4v) is 1.65. The number of carbonyl (C=O) groups is 2. The molecular weight excluding hydrogens is 431 g/mol. The summed E-state index contributed by atoms with van der Waals surface area (Å²) in [6, 6.07) is 0. The van der Waals surface area contributed by atoms with Crippen LogP contribution in [0.25, 0.3) is 0 Å². The minimum atomic E-state index is -5.38. The minimum Gasteiger partial charge on any atom is -1.00 e. The second-order valence-corrected chi connectivity index (χ2v) is 6.64. The predicted octanol–water partition coefficient (Wildman–Crippen LogP) is -4.67. The van der Waals surface area contributed by atoms with Crippen LogP contribution in [0.4, 0.5) is 0 Å². The maximum Gasteiger partial charge on any atom is 1.00 e. The van der Waals surface area contributed by atoms with E-state index >= 15 is 0 Å². The van der Waals surface area contributed by atoms with E-state index in [1.54, 1.807) is 0 Å². The van der Waals surface area contributed by atoms with Crippen LogP contribution in [-0.2, 0) is 58.9 Å². The van der Waals surface area contributed by atoms with E-state index in [4.69, 9.17) is 13.7 Å². The average molecular weight is 444 g/mol. The van der Waals surface area contributed by atoms with Crippen molar-refractivity contribution in [3.8, 4) is 0 Å². The van der Waals surface area contributed by atoms with Crippen molar-refractivity contribution in [2.24, 2.45) is 0 Å². The van der Waals surface area contributed by atoms with Gasteiger partial charge in [0.25, 0.3) is 10.1 Å². The predicted molar refractivity (Wildman–Crippen MR) is 69.9 cm³/mol. The van der Waals surface area contributed by atoms with Gasteiger partial charge in [0.2, 0.25) is 0 Å². The molecule has 146 valence electrons. The van der Waals surface area contributed by atoms with Gasteiger partial charge in [-0.1, -0.05) is 13.8 Å². The molecule has 0 aromatic rings. The van der Waals surface area contributed by atoms with Crippen molar-refractivity contribution in [2.45, 2.75) is 25.5 Å². The summed E-state index contributed by atoms with van der Waals surface area (Å²) in [5, 5.41) is -2.83. The SMILES string of the molecule is CC.O=C(CC(C(=O)OOS(=O)(=O)O)S(=O)(=O)O)OOS(=O)(=O)O.[H-].[Na+]. The number of hydrogen-bond donors (Lipinski definition) is 3. The van der Waals surface area contributed by atoms with Gasteiger partial charge in [0.1, 0.15) is 0 Å². The van der Waals surface area contributed by atoms with Crippen molar-refractivity contribution in [3.05, 3.63) is 0 Å². The maximum absolute atomic E-state index is 11.1. The summed E-state index contributed by atoms with van der Waals surface area (Å²) < 4.78 is 92.7. The van der Waals surface area contributed by atoms with Gasteiger partial charge in [0, 0.05) is 0 Å². The molecule has 0 aromatic heterocycles. The molecule has 0 amide bonds. The molecule has 0 radical (unpaired) electrons. The Balaban J connectivity index is -0.000000582. The quantitative estimate of drug-likeness (QED) is 0.138. The van der Waals surface area contributed by atoms with E-state index in [1.165, 1.54) is 0 Å². The molecule has 0 saturated carbocycles. The summed E-state index contributed by atoms with van der Waals surface area (Å²) in [6.07, 6.45) is -1.64. The zero-order valence-electron chi connectivity index (χ0n) is 13.7. The molecule has 1 unspecified atom stereocenters. The minimum absolute atomic E-state index is 0. The van der Waals surface area contributed by atoms with Crippen molar-refractivity contribution in [1.82, 2.24) is 0 Å². The second kappa shape index (κ2) is 12.1. The molecule has 15 nitrogen and oxygen atoms in total. The van der Waals surface area contributed by atoms with Gasteiger partial charge >= 0.3 is 62.3 Å². The van der Waals surface area contributed by atoms with E-state index in [-0.39, 0.29) is 31.0 Å². The van der Waals surface area contributed by atoms with E-state index in [0.717, 1.165) is 0 Å². The van der Waals surface area contributed by atoms with E-state index in [1.807, 2.05) is 13.8 Å². The monoisotopic (exact) mass is 444 g/mol. The Kier molecular flexibility index (Phi) is 14.2. The van der Waals surface area contributed by atoms with Crippen molar-refractivity contribution in [1.29, 1.82) is 0 Å². The molecule has 0 heterocycles. The smallest absolute Gasteiger partial charge is 1.00 e. The second-order valence-electron chi connectivity index (χ2n) is 3.06. The summed E-state index contributed by atoms with van der Waals surface area (Å²) in [4.78, 5) is 28.7. The third kappa shape index (κ3) is 16.8. The first-order valence-corrected chi connectivity index (χ1v) is 9.55. The van der Waals surface area contributed by atoms with E-state index < -0.39 is 54.5 Å². The van der Waals surface area contributed by atoms with E-state index in [0.29, 0.717) is 0 Å². The Hall–Kier alpha value is -0.410. The molecule has 0 saturated heterocycles. The molecule has 19 heteroatoms. The zero-order valence-corrected chi connectivity index (χ0v) is 17.2. The fourth-order valence-electron chi connectivity index (χ4n) is 0.707. The van der Waals surface area contributed by atoms with Crippen LogP contribution in [0.3, 0.4) is 0 Å². The zero-order chi connectivity index (χ0) is 19.8. The summed E-state index contributed by atoms with van der Waals surface area (Å²) in [5.74, 6) is -4.10. The van der Waals surface area contributed by atoms with Gasteiger partial charge in [-0.15, -0.1) is 0 Å². The standard InChI is InChI=1S/C4H6O15S3.C2H6.Na.H/c5-3(16-18-21(10,11)12)1-2(20(7,8)9)4(6)17-19-22(13,14)15;1-2;;/h2H,1H2,(H,7,8,9)(H,10,11,12)(H,13,14,15);1-2H3;;/q;;+1;-1. The van der Waals surface area contributed by atoms with Gasteiger partial charge in [0.05, 0.1) is 6.42 Å². The van der Waals surface area contributed by atoms with Crippen molar-refractivity contribution in [2.75, 3.05) is 0 Å². The van der Waals surface area contributed by atoms with Gasteiger partial charge in [0.15, 0.2) is 5.25 Å².